The van der Waals surface area contributed by atoms with Crippen molar-refractivity contribution in [2.45, 2.75) is 24.9 Å². The number of carbonyl (C=O) groups is 3. The minimum atomic E-state index is -1.06. The highest BCUT2D eigenvalue weighted by molar-refractivity contribution is 7.93. The van der Waals surface area contributed by atoms with Gasteiger partial charge < -0.3 is 19.7 Å². The predicted molar refractivity (Wildman–Crippen MR) is 113 cm³/mol. The van der Waals surface area contributed by atoms with Gasteiger partial charge in [-0.25, -0.2) is 9.59 Å². The molecule has 0 aromatic carbocycles. The second-order valence-corrected chi connectivity index (χ2v) is 6.14. The number of likely N-dealkylation sites (N-methyl/N-ethyl adjacent to an activating group) is 1. The van der Waals surface area contributed by atoms with E-state index in [0.29, 0.717) is 0 Å². The minimum Gasteiger partial charge on any atom is -0.468 e. The third-order valence-corrected chi connectivity index (χ3v) is 4.40. The molecule has 2 atom stereocenters. The maximum absolute atomic E-state index is 11.8. The Morgan fingerprint density at radius 2 is 1.67 bits per heavy atom. The SMILES string of the molecule is CN[C@@]1(C(=O)OC)C[C@@H](C(=O)OC)N(C(C)=O)C1.[B][B]B(B([B])[B])B([B])[B]. The average Bonchev–Trinajstić information content (AvgIpc) is 3.02. The molecule has 1 heterocycles. The fraction of sp³-hybridized carbons (Fsp3) is 0.727. The molecule has 0 aliphatic carbocycles. The Balaban J connectivity index is 0.000000636. The summed E-state index contributed by atoms with van der Waals surface area (Å²) in [6, 6.07) is -0.765. The molecule has 0 saturated carbocycles. The monoisotopic (exact) mass is 357 g/mol. The van der Waals surface area contributed by atoms with E-state index >= 15 is 0 Å². The lowest BCUT2D eigenvalue weighted by atomic mass is 8.64. The van der Waals surface area contributed by atoms with Gasteiger partial charge in [0, 0.05) is 78.2 Å². The molecule has 0 bridgehead atoms. The quantitative estimate of drug-likeness (QED) is 0.382. The first-order chi connectivity index (χ1) is 12.5. The first kappa shape index (κ1) is 26.0. The number of nitrogens with zero attached hydrogens (tertiary/aromatic N) is 1. The van der Waals surface area contributed by atoms with Crippen molar-refractivity contribution in [1.82, 2.24) is 10.2 Å². The molecule has 0 aromatic heterocycles. The summed E-state index contributed by atoms with van der Waals surface area (Å²) >= 11 is 0. The highest BCUT2D eigenvalue weighted by Crippen LogP contribution is 2.29. The van der Waals surface area contributed by atoms with Gasteiger partial charge in [0.1, 0.15) is 11.6 Å². The second-order valence-electron chi connectivity index (χ2n) is 6.14. The van der Waals surface area contributed by atoms with Crippen LogP contribution in [0.4, 0.5) is 0 Å². The molecule has 11 radical (unpaired) electrons. The summed E-state index contributed by atoms with van der Waals surface area (Å²) in [6.07, 6.45) is -1.32. The molecule has 1 N–H and O–H groups in total. The Kier molecular flexibility index (Phi) is 11.3. The van der Waals surface area contributed by atoms with E-state index in [4.69, 9.17) is 43.4 Å². The molecule has 1 rings (SSSR count). The van der Waals surface area contributed by atoms with Crippen molar-refractivity contribution in [2.75, 3.05) is 27.8 Å². The number of nitrogens with one attached hydrogen (secondary N) is 1. The number of likely N-dealkylation sites (tertiary alicyclic amines) is 1. The van der Waals surface area contributed by atoms with Crippen LogP contribution in [0.2, 0.25) is 0 Å². The Morgan fingerprint density at radius 3 is 1.93 bits per heavy atom. The summed E-state index contributed by atoms with van der Waals surface area (Å²) < 4.78 is 9.38. The molecule has 7 nitrogen and oxygen atoms in total. The zero-order valence-corrected chi connectivity index (χ0v) is 16.2. The zero-order valence-electron chi connectivity index (χ0n) is 16.2. The maximum atomic E-state index is 11.8. The predicted octanol–water partition coefficient (Wildman–Crippen LogP) is -4.52. The molecule has 129 valence electrons. The van der Waals surface area contributed by atoms with Crippen molar-refractivity contribution in [3.8, 4) is 0 Å². The molecule has 1 aliphatic heterocycles. The smallest absolute Gasteiger partial charge is 0.328 e. The number of hydrogen-bond acceptors (Lipinski definition) is 6. The maximum Gasteiger partial charge on any atom is 0.328 e. The van der Waals surface area contributed by atoms with E-state index < -0.39 is 36.3 Å². The highest BCUT2D eigenvalue weighted by atomic mass is 16.5. The summed E-state index contributed by atoms with van der Waals surface area (Å²) in [6.45, 7) is 1.43. The zero-order chi connectivity index (χ0) is 21.4. The van der Waals surface area contributed by atoms with Gasteiger partial charge in [0.25, 0.3) is 0 Å². The molecule has 1 fully saturated rings. The van der Waals surface area contributed by atoms with E-state index in [1.54, 1.807) is 7.05 Å². The Hall–Kier alpha value is -1.05. The van der Waals surface area contributed by atoms with Crippen LogP contribution in [0.5, 0.6) is 0 Å². The average molecular weight is 356 g/mol. The number of hydrogen-bond donors (Lipinski definition) is 1. The standard InChI is InChI=1S/C11H18N2O5.B9/c1-7(14)13-6-11(12-2,10(16)18-4)5-8(13)9(15)17-3;1-6-9(7(2)3)8(4)5/h8,12H,5-6H2,1-4H3;/t8-,11-;/m0./s1. The summed E-state index contributed by atoms with van der Waals surface area (Å²) in [5, 5.41) is 2.85. The second kappa shape index (κ2) is 11.7. The third-order valence-electron chi connectivity index (χ3n) is 4.40. The van der Waals surface area contributed by atoms with Gasteiger partial charge >= 0.3 is 11.9 Å². The molecule has 16 heteroatoms. The lowest BCUT2D eigenvalue weighted by Crippen LogP contribution is -2.55. The summed E-state index contributed by atoms with van der Waals surface area (Å²) in [7, 11) is 31.6. The number of methoxy groups -OCH3 is 2. The lowest BCUT2D eigenvalue weighted by molar-refractivity contribution is -0.150. The van der Waals surface area contributed by atoms with Crippen LogP contribution in [-0.2, 0) is 23.9 Å². The molecule has 0 spiro atoms. The molecule has 0 aromatic rings. The van der Waals surface area contributed by atoms with Crippen LogP contribution in [0.15, 0.2) is 0 Å². The molecular formula is C11H18B9N2O5. The lowest BCUT2D eigenvalue weighted by Gasteiger charge is -2.25. The Bertz CT molecular complexity index is 518. The number of amides is 1. The minimum absolute atomic E-state index is 0.0886. The largest absolute Gasteiger partial charge is 0.468 e. The van der Waals surface area contributed by atoms with Crippen LogP contribution in [-0.4, -0.2) is 127 Å². The van der Waals surface area contributed by atoms with Crippen LogP contribution >= 0.6 is 0 Å². The van der Waals surface area contributed by atoms with Crippen molar-refractivity contribution in [3.05, 3.63) is 0 Å². The van der Waals surface area contributed by atoms with Crippen LogP contribution < -0.4 is 5.32 Å². The van der Waals surface area contributed by atoms with Crippen LogP contribution in [0.1, 0.15) is 13.3 Å². The fourth-order valence-electron chi connectivity index (χ4n) is 2.72. The third kappa shape index (κ3) is 6.81. The number of ether oxygens (including phenoxy) is 2. The molecular weight excluding hydrogens is 337 g/mol. The van der Waals surface area contributed by atoms with Gasteiger partial charge in [-0.15, -0.1) is 0 Å². The van der Waals surface area contributed by atoms with Crippen molar-refractivity contribution in [3.63, 3.8) is 0 Å². The number of carbonyl (C=O) groups excluding carboxylic acids is 3. The number of rotatable bonds is 6. The van der Waals surface area contributed by atoms with Crippen LogP contribution in [0, 0.1) is 0 Å². The van der Waals surface area contributed by atoms with Crippen molar-refractivity contribution in [1.29, 1.82) is 0 Å². The van der Waals surface area contributed by atoms with E-state index in [2.05, 4.69) is 10.1 Å². The number of esters is 2. The normalized spacial score (nSPS) is 20.6. The van der Waals surface area contributed by atoms with Crippen molar-refractivity contribution in [2.24, 2.45) is 0 Å². The van der Waals surface area contributed by atoms with E-state index in [0.717, 1.165) is 0 Å². The van der Waals surface area contributed by atoms with Crippen LogP contribution in [0.3, 0.4) is 0 Å². The van der Waals surface area contributed by atoms with Crippen molar-refractivity contribution >= 4 is 82.7 Å². The highest BCUT2D eigenvalue weighted by Gasteiger charge is 2.53. The van der Waals surface area contributed by atoms with Gasteiger partial charge in [0.2, 0.25) is 5.91 Å². The molecule has 27 heavy (non-hydrogen) atoms. The molecule has 1 saturated heterocycles. The topological polar surface area (TPSA) is 84.9 Å². The Labute approximate surface area is 169 Å². The fourth-order valence-corrected chi connectivity index (χ4v) is 2.72. The van der Waals surface area contributed by atoms with E-state index in [1.807, 2.05) is 0 Å². The van der Waals surface area contributed by atoms with Gasteiger partial charge in [-0.1, -0.05) is 0 Å². The summed E-state index contributed by atoms with van der Waals surface area (Å²) in [4.78, 5) is 36.3. The molecule has 1 amide bonds. The van der Waals surface area contributed by atoms with Gasteiger partial charge in [-0.2, -0.15) is 0 Å². The molecule has 0 unspecified atom stereocenters. The van der Waals surface area contributed by atoms with E-state index in [-0.39, 0.29) is 25.3 Å². The molecule has 1 aliphatic rings. The van der Waals surface area contributed by atoms with Gasteiger partial charge in [0.15, 0.2) is 0 Å². The Morgan fingerprint density at radius 1 is 1.15 bits per heavy atom. The van der Waals surface area contributed by atoms with Crippen molar-refractivity contribution < 1.29 is 23.9 Å². The van der Waals surface area contributed by atoms with Crippen LogP contribution in [0.25, 0.3) is 0 Å². The van der Waals surface area contributed by atoms with E-state index in [1.165, 1.54) is 33.1 Å². The van der Waals surface area contributed by atoms with Gasteiger partial charge in [-0.3, -0.25) is 4.79 Å². The van der Waals surface area contributed by atoms with Gasteiger partial charge in [-0.05, 0) is 7.05 Å². The first-order valence-corrected chi connectivity index (χ1v) is 8.21. The van der Waals surface area contributed by atoms with Gasteiger partial charge in [0.05, 0.1) is 20.8 Å². The summed E-state index contributed by atoms with van der Waals surface area (Å²) in [5.41, 5.74) is -1.06. The first-order valence-electron chi connectivity index (χ1n) is 8.21. The summed E-state index contributed by atoms with van der Waals surface area (Å²) in [5.74, 6) is -1.32. The van der Waals surface area contributed by atoms with E-state index in [9.17, 15) is 14.4 Å².